The van der Waals surface area contributed by atoms with Gasteiger partial charge in [0.25, 0.3) is 11.6 Å². The van der Waals surface area contributed by atoms with Gasteiger partial charge in [0.05, 0.1) is 16.9 Å². The van der Waals surface area contributed by atoms with E-state index in [0.29, 0.717) is 22.7 Å². The molecule has 0 aliphatic heterocycles. The van der Waals surface area contributed by atoms with Gasteiger partial charge in [0, 0.05) is 18.2 Å². The number of aromatic nitrogens is 2. The first-order valence-corrected chi connectivity index (χ1v) is 7.23. The Kier molecular flexibility index (Phi) is 4.38. The number of non-ortho nitro benzene ring substituents is 1. The van der Waals surface area contributed by atoms with E-state index >= 15 is 0 Å². The molecule has 0 bridgehead atoms. The molecular weight excluding hydrogens is 326 g/mol. The zero-order chi connectivity index (χ0) is 17.8. The Bertz CT molecular complexity index is 926. The largest absolute Gasteiger partial charge is 0.463 e. The smallest absolute Gasteiger partial charge is 0.291 e. The second-order valence-corrected chi connectivity index (χ2v) is 5.09. The summed E-state index contributed by atoms with van der Waals surface area (Å²) in [5.74, 6) is 0.0763. The van der Waals surface area contributed by atoms with E-state index in [1.165, 1.54) is 18.4 Å². The summed E-state index contributed by atoms with van der Waals surface area (Å²) < 4.78 is 5.22. The Balaban J connectivity index is 1.68. The second-order valence-electron chi connectivity index (χ2n) is 5.09. The number of nitro groups is 1. The van der Waals surface area contributed by atoms with Crippen molar-refractivity contribution < 1.29 is 14.1 Å². The van der Waals surface area contributed by atoms with E-state index in [-0.39, 0.29) is 11.4 Å². The number of carbonyl (C=O) groups is 1. The minimum Gasteiger partial charge on any atom is -0.463 e. The maximum absolute atomic E-state index is 12.1. The molecule has 0 spiro atoms. The first-order chi connectivity index (χ1) is 12.0. The Morgan fingerprint density at radius 3 is 2.72 bits per heavy atom. The van der Waals surface area contributed by atoms with Gasteiger partial charge in [-0.05, 0) is 36.8 Å². The van der Waals surface area contributed by atoms with Gasteiger partial charge in [0.1, 0.15) is 5.69 Å². The summed E-state index contributed by atoms with van der Waals surface area (Å²) in [7, 11) is 0. The van der Waals surface area contributed by atoms with Gasteiger partial charge in [-0.2, -0.15) is 10.2 Å². The molecular formula is C16H13N5O4. The molecule has 2 N–H and O–H groups in total. The number of amides is 1. The molecule has 9 nitrogen and oxygen atoms in total. The number of aromatic amines is 1. The zero-order valence-electron chi connectivity index (χ0n) is 13.1. The minimum absolute atomic E-state index is 0.0115. The standard InChI is InChI=1S/C16H13N5O4/c1-10(11-4-6-12(7-5-11)21(23)24)17-20-16(22)14-9-13(18-19-14)15-3-2-8-25-15/h2-9H,1H3,(H,18,19)(H,20,22). The lowest BCUT2D eigenvalue weighted by Gasteiger charge is -2.01. The van der Waals surface area contributed by atoms with Gasteiger partial charge in [0.2, 0.25) is 0 Å². The van der Waals surface area contributed by atoms with Crippen molar-refractivity contribution in [3.8, 4) is 11.5 Å². The van der Waals surface area contributed by atoms with Crippen LogP contribution in [-0.2, 0) is 0 Å². The minimum atomic E-state index is -0.490. The molecule has 0 unspecified atom stereocenters. The number of carbonyl (C=O) groups excluding carboxylic acids is 1. The third-order valence-corrected chi connectivity index (χ3v) is 3.42. The van der Waals surface area contributed by atoms with Gasteiger partial charge >= 0.3 is 0 Å². The van der Waals surface area contributed by atoms with Gasteiger partial charge in [0.15, 0.2) is 11.5 Å². The molecule has 1 amide bonds. The summed E-state index contributed by atoms with van der Waals surface area (Å²) in [5, 5.41) is 21.3. The third kappa shape index (κ3) is 3.61. The van der Waals surface area contributed by atoms with E-state index < -0.39 is 10.8 Å². The van der Waals surface area contributed by atoms with Crippen molar-refractivity contribution in [2.24, 2.45) is 5.10 Å². The highest BCUT2D eigenvalue weighted by Crippen LogP contribution is 2.17. The summed E-state index contributed by atoms with van der Waals surface area (Å²) in [6.07, 6.45) is 1.52. The molecule has 0 fully saturated rings. The molecule has 0 aliphatic carbocycles. The van der Waals surface area contributed by atoms with Crippen LogP contribution in [0.2, 0.25) is 0 Å². The second kappa shape index (κ2) is 6.79. The lowest BCUT2D eigenvalue weighted by Crippen LogP contribution is -2.19. The van der Waals surface area contributed by atoms with Crippen molar-refractivity contribution in [2.75, 3.05) is 0 Å². The summed E-state index contributed by atoms with van der Waals surface area (Å²) >= 11 is 0. The van der Waals surface area contributed by atoms with Crippen LogP contribution in [0, 0.1) is 10.1 Å². The molecule has 9 heteroatoms. The molecule has 2 heterocycles. The molecule has 25 heavy (non-hydrogen) atoms. The fraction of sp³-hybridized carbons (Fsp3) is 0.0625. The Hall–Kier alpha value is -3.75. The average molecular weight is 339 g/mol. The summed E-state index contributed by atoms with van der Waals surface area (Å²) in [6, 6.07) is 10.9. The van der Waals surface area contributed by atoms with Crippen LogP contribution in [0.25, 0.3) is 11.5 Å². The maximum Gasteiger partial charge on any atom is 0.291 e. The zero-order valence-corrected chi connectivity index (χ0v) is 13.1. The highest BCUT2D eigenvalue weighted by Gasteiger charge is 2.12. The number of nitro benzene ring substituents is 1. The van der Waals surface area contributed by atoms with Crippen molar-refractivity contribution in [3.05, 3.63) is 70.1 Å². The normalized spacial score (nSPS) is 11.3. The number of nitrogens with zero attached hydrogens (tertiary/aromatic N) is 3. The molecule has 0 saturated heterocycles. The molecule has 0 aliphatic rings. The fourth-order valence-electron chi connectivity index (χ4n) is 2.08. The number of H-pyrrole nitrogens is 1. The number of hydrogen-bond acceptors (Lipinski definition) is 6. The highest BCUT2D eigenvalue weighted by molar-refractivity contribution is 6.00. The lowest BCUT2D eigenvalue weighted by molar-refractivity contribution is -0.384. The number of hydrazone groups is 1. The monoisotopic (exact) mass is 339 g/mol. The van der Waals surface area contributed by atoms with E-state index in [2.05, 4.69) is 20.7 Å². The third-order valence-electron chi connectivity index (χ3n) is 3.42. The van der Waals surface area contributed by atoms with Gasteiger partial charge in [-0.3, -0.25) is 20.0 Å². The number of benzene rings is 1. The van der Waals surface area contributed by atoms with E-state index in [0.717, 1.165) is 0 Å². The van der Waals surface area contributed by atoms with Crippen LogP contribution in [0.5, 0.6) is 0 Å². The van der Waals surface area contributed by atoms with Gasteiger partial charge in [-0.15, -0.1) is 0 Å². The van der Waals surface area contributed by atoms with Crippen LogP contribution in [0.15, 0.2) is 58.2 Å². The molecule has 126 valence electrons. The van der Waals surface area contributed by atoms with Gasteiger partial charge in [-0.1, -0.05) is 0 Å². The summed E-state index contributed by atoms with van der Waals surface area (Å²) in [4.78, 5) is 22.2. The Morgan fingerprint density at radius 2 is 2.08 bits per heavy atom. The van der Waals surface area contributed by atoms with Crippen LogP contribution in [0.1, 0.15) is 23.0 Å². The molecule has 0 atom stereocenters. The number of furan rings is 1. The topological polar surface area (TPSA) is 126 Å². The number of nitrogens with one attached hydrogen (secondary N) is 2. The summed E-state index contributed by atoms with van der Waals surface area (Å²) in [6.45, 7) is 1.68. The lowest BCUT2D eigenvalue weighted by atomic mass is 10.1. The van der Waals surface area contributed by atoms with Gasteiger partial charge < -0.3 is 4.42 Å². The van der Waals surface area contributed by atoms with Crippen LogP contribution in [-0.4, -0.2) is 26.7 Å². The highest BCUT2D eigenvalue weighted by atomic mass is 16.6. The first kappa shape index (κ1) is 16.1. The SMILES string of the molecule is CC(=NNC(=O)c1cc(-c2ccco2)[nH]n1)c1ccc([N+](=O)[O-])cc1. The van der Waals surface area contributed by atoms with Crippen molar-refractivity contribution in [1.82, 2.24) is 15.6 Å². The van der Waals surface area contributed by atoms with Crippen LogP contribution in [0.4, 0.5) is 5.69 Å². The van der Waals surface area contributed by atoms with E-state index in [1.807, 2.05) is 0 Å². The van der Waals surface area contributed by atoms with Crippen LogP contribution >= 0.6 is 0 Å². The van der Waals surface area contributed by atoms with Crippen molar-refractivity contribution in [2.45, 2.75) is 6.92 Å². The molecule has 0 radical (unpaired) electrons. The Labute approximate surface area is 141 Å². The van der Waals surface area contributed by atoms with Crippen molar-refractivity contribution >= 4 is 17.3 Å². The maximum atomic E-state index is 12.1. The molecule has 2 aromatic heterocycles. The van der Waals surface area contributed by atoms with E-state index in [9.17, 15) is 14.9 Å². The van der Waals surface area contributed by atoms with Crippen LogP contribution in [0.3, 0.4) is 0 Å². The molecule has 3 aromatic rings. The molecule has 0 saturated carbocycles. The first-order valence-electron chi connectivity index (χ1n) is 7.23. The van der Waals surface area contributed by atoms with E-state index in [1.54, 1.807) is 37.3 Å². The molecule has 3 rings (SSSR count). The fourth-order valence-corrected chi connectivity index (χ4v) is 2.08. The number of rotatable bonds is 5. The number of hydrogen-bond donors (Lipinski definition) is 2. The van der Waals surface area contributed by atoms with Crippen LogP contribution < -0.4 is 5.43 Å². The Morgan fingerprint density at radius 1 is 1.32 bits per heavy atom. The average Bonchev–Trinajstić information content (AvgIpc) is 3.30. The molecule has 1 aromatic carbocycles. The van der Waals surface area contributed by atoms with E-state index in [4.69, 9.17) is 4.42 Å². The quantitative estimate of drug-likeness (QED) is 0.420. The van der Waals surface area contributed by atoms with Crippen molar-refractivity contribution in [3.63, 3.8) is 0 Å². The van der Waals surface area contributed by atoms with Gasteiger partial charge in [-0.25, -0.2) is 5.43 Å². The predicted molar refractivity (Wildman–Crippen MR) is 89.1 cm³/mol. The summed E-state index contributed by atoms with van der Waals surface area (Å²) in [5.41, 5.74) is 4.28. The predicted octanol–water partition coefficient (Wildman–Crippen LogP) is 2.73. The van der Waals surface area contributed by atoms with Crippen molar-refractivity contribution in [1.29, 1.82) is 0 Å².